The van der Waals surface area contributed by atoms with E-state index in [0.29, 0.717) is 22.8 Å². The number of aromatic hydroxyl groups is 1. The zero-order valence-corrected chi connectivity index (χ0v) is 11.3. The van der Waals surface area contributed by atoms with Gasteiger partial charge in [0.05, 0.1) is 6.20 Å². The Labute approximate surface area is 117 Å². The van der Waals surface area contributed by atoms with Gasteiger partial charge in [0.15, 0.2) is 16.5 Å². The number of aromatic nitrogens is 5. The second-order valence-electron chi connectivity index (χ2n) is 3.86. The molecule has 0 aliphatic rings. The molecule has 102 valence electrons. The van der Waals surface area contributed by atoms with Gasteiger partial charge >= 0.3 is 0 Å². The van der Waals surface area contributed by atoms with Gasteiger partial charge in [-0.25, -0.2) is 14.6 Å². The summed E-state index contributed by atoms with van der Waals surface area (Å²) in [5, 5.41) is 18.6. The van der Waals surface area contributed by atoms with Crippen LogP contribution in [0.1, 0.15) is 17.4 Å². The van der Waals surface area contributed by atoms with Crippen molar-refractivity contribution >= 4 is 33.5 Å². The van der Waals surface area contributed by atoms with Gasteiger partial charge in [0, 0.05) is 18.1 Å². The number of amides is 1. The molecule has 3 rings (SSSR count). The number of anilines is 1. The van der Waals surface area contributed by atoms with Crippen LogP contribution < -0.4 is 5.32 Å². The summed E-state index contributed by atoms with van der Waals surface area (Å²) in [4.78, 5) is 24.0. The van der Waals surface area contributed by atoms with Gasteiger partial charge in [-0.2, -0.15) is 10.1 Å². The topological polar surface area (TPSA) is 106 Å². The van der Waals surface area contributed by atoms with E-state index in [-0.39, 0.29) is 5.69 Å². The molecule has 0 unspecified atom stereocenters. The van der Waals surface area contributed by atoms with Crippen LogP contribution in [0.15, 0.2) is 17.8 Å². The van der Waals surface area contributed by atoms with E-state index in [4.69, 9.17) is 0 Å². The third kappa shape index (κ3) is 2.07. The van der Waals surface area contributed by atoms with Crippen LogP contribution in [0.3, 0.4) is 0 Å². The molecule has 0 atom stereocenters. The maximum atomic E-state index is 12.0. The maximum Gasteiger partial charge on any atom is 0.281 e. The minimum absolute atomic E-state index is 0.150. The van der Waals surface area contributed by atoms with Crippen molar-refractivity contribution in [2.45, 2.75) is 13.5 Å². The number of rotatable bonds is 3. The Bertz CT molecular complexity index is 767. The van der Waals surface area contributed by atoms with Crippen LogP contribution in [0.2, 0.25) is 0 Å². The van der Waals surface area contributed by atoms with Crippen molar-refractivity contribution in [3.8, 4) is 5.88 Å². The molecule has 0 bridgehead atoms. The third-order valence-corrected chi connectivity index (χ3v) is 3.30. The molecule has 9 heteroatoms. The van der Waals surface area contributed by atoms with E-state index in [1.165, 1.54) is 17.5 Å². The number of aryl methyl sites for hydroxylation is 1. The van der Waals surface area contributed by atoms with Gasteiger partial charge in [0.2, 0.25) is 5.88 Å². The van der Waals surface area contributed by atoms with Crippen molar-refractivity contribution in [3.63, 3.8) is 0 Å². The number of thiazole rings is 1. The monoisotopic (exact) mass is 290 g/mol. The van der Waals surface area contributed by atoms with Crippen LogP contribution >= 0.6 is 11.3 Å². The first-order valence-electron chi connectivity index (χ1n) is 5.82. The first kappa shape index (κ1) is 12.5. The summed E-state index contributed by atoms with van der Waals surface area (Å²) in [6.07, 6.45) is 3.08. The van der Waals surface area contributed by atoms with Gasteiger partial charge in [-0.15, -0.1) is 11.3 Å². The lowest BCUT2D eigenvalue weighted by Crippen LogP contribution is -2.14. The lowest BCUT2D eigenvalue weighted by molar-refractivity contribution is 0.101. The summed E-state index contributed by atoms with van der Waals surface area (Å²) < 4.78 is 1.59. The molecule has 20 heavy (non-hydrogen) atoms. The fourth-order valence-corrected chi connectivity index (χ4v) is 2.24. The molecule has 0 spiro atoms. The van der Waals surface area contributed by atoms with Gasteiger partial charge in [0.25, 0.3) is 5.91 Å². The molecule has 0 saturated carbocycles. The first-order chi connectivity index (χ1) is 9.69. The summed E-state index contributed by atoms with van der Waals surface area (Å²) in [6, 6.07) is 0. The second kappa shape index (κ2) is 4.85. The zero-order valence-electron chi connectivity index (χ0n) is 10.4. The smallest absolute Gasteiger partial charge is 0.281 e. The first-order valence-corrected chi connectivity index (χ1v) is 6.70. The highest BCUT2D eigenvalue weighted by atomic mass is 32.1. The Hall–Kier alpha value is -2.55. The Balaban J connectivity index is 1.99. The number of hydrogen-bond acceptors (Lipinski definition) is 7. The Morgan fingerprint density at radius 2 is 2.35 bits per heavy atom. The van der Waals surface area contributed by atoms with Gasteiger partial charge in [0.1, 0.15) is 5.52 Å². The quantitative estimate of drug-likeness (QED) is 0.752. The van der Waals surface area contributed by atoms with Gasteiger partial charge < -0.3 is 5.11 Å². The zero-order chi connectivity index (χ0) is 14.1. The molecule has 3 aromatic heterocycles. The van der Waals surface area contributed by atoms with E-state index in [9.17, 15) is 9.90 Å². The fraction of sp³-hybridized carbons (Fsp3) is 0.182. The van der Waals surface area contributed by atoms with Gasteiger partial charge in [-0.3, -0.25) is 10.1 Å². The molecule has 8 nitrogen and oxygen atoms in total. The number of fused-ring (bicyclic) bond motifs is 1. The van der Waals surface area contributed by atoms with E-state index >= 15 is 0 Å². The highest BCUT2D eigenvalue weighted by Crippen LogP contribution is 2.19. The van der Waals surface area contributed by atoms with Crippen LogP contribution in [0, 0.1) is 0 Å². The van der Waals surface area contributed by atoms with E-state index in [2.05, 4.69) is 25.4 Å². The highest BCUT2D eigenvalue weighted by Gasteiger charge is 2.18. The summed E-state index contributed by atoms with van der Waals surface area (Å²) in [6.45, 7) is 2.50. The lowest BCUT2D eigenvalue weighted by atomic mass is 10.4. The molecular formula is C11H10N6O2S. The van der Waals surface area contributed by atoms with Crippen molar-refractivity contribution in [3.05, 3.63) is 23.5 Å². The number of carbonyl (C=O) groups excluding carboxylic acids is 1. The van der Waals surface area contributed by atoms with Crippen molar-refractivity contribution in [2.75, 3.05) is 5.32 Å². The minimum atomic E-state index is -0.559. The predicted octanol–water partition coefficient (Wildman–Crippen LogP) is 1.26. The van der Waals surface area contributed by atoms with Crippen molar-refractivity contribution in [1.29, 1.82) is 0 Å². The number of carbonyl (C=O) groups is 1. The van der Waals surface area contributed by atoms with Crippen LogP contribution in [0.4, 0.5) is 5.13 Å². The highest BCUT2D eigenvalue weighted by molar-refractivity contribution is 7.13. The van der Waals surface area contributed by atoms with E-state index in [1.807, 2.05) is 6.92 Å². The molecule has 0 aromatic carbocycles. The normalized spacial score (nSPS) is 10.8. The summed E-state index contributed by atoms with van der Waals surface area (Å²) >= 11 is 1.27. The third-order valence-electron chi connectivity index (χ3n) is 2.62. The molecule has 0 aliphatic carbocycles. The fourth-order valence-electron chi connectivity index (χ4n) is 1.71. The number of nitrogens with zero attached hydrogens (tertiary/aromatic N) is 5. The van der Waals surface area contributed by atoms with E-state index < -0.39 is 11.8 Å². The van der Waals surface area contributed by atoms with E-state index in [1.54, 1.807) is 16.3 Å². The van der Waals surface area contributed by atoms with Crippen molar-refractivity contribution < 1.29 is 9.90 Å². The van der Waals surface area contributed by atoms with Crippen LogP contribution in [0.25, 0.3) is 11.2 Å². The van der Waals surface area contributed by atoms with Crippen LogP contribution in [0.5, 0.6) is 5.88 Å². The summed E-state index contributed by atoms with van der Waals surface area (Å²) in [7, 11) is 0. The molecule has 0 fully saturated rings. The summed E-state index contributed by atoms with van der Waals surface area (Å²) in [5.74, 6) is -0.988. The van der Waals surface area contributed by atoms with Gasteiger partial charge in [-0.1, -0.05) is 0 Å². The summed E-state index contributed by atoms with van der Waals surface area (Å²) in [5.41, 5.74) is 0.744. The molecule has 0 saturated heterocycles. The SMILES string of the molecule is CCn1ncc2nc(C(=O)Nc3nccs3)c(O)nc21. The van der Waals surface area contributed by atoms with Gasteiger partial charge in [-0.05, 0) is 6.92 Å². The molecule has 1 amide bonds. The predicted molar refractivity (Wildman–Crippen MR) is 72.7 cm³/mol. The maximum absolute atomic E-state index is 12.0. The van der Waals surface area contributed by atoms with Crippen molar-refractivity contribution in [1.82, 2.24) is 24.7 Å². The second-order valence-corrected chi connectivity index (χ2v) is 4.75. The molecule has 3 heterocycles. The number of hydrogen-bond donors (Lipinski definition) is 2. The van der Waals surface area contributed by atoms with Crippen molar-refractivity contribution in [2.24, 2.45) is 0 Å². The van der Waals surface area contributed by atoms with Crippen LogP contribution in [-0.2, 0) is 6.54 Å². The molecule has 0 radical (unpaired) electrons. The molecule has 0 aliphatic heterocycles. The average Bonchev–Trinajstić information content (AvgIpc) is 3.06. The molecule has 3 aromatic rings. The van der Waals surface area contributed by atoms with Crippen LogP contribution in [-0.4, -0.2) is 35.7 Å². The number of nitrogens with one attached hydrogen (secondary N) is 1. The Kier molecular flexibility index (Phi) is 3.03. The molecule has 2 N–H and O–H groups in total. The average molecular weight is 290 g/mol. The Morgan fingerprint density at radius 1 is 1.50 bits per heavy atom. The lowest BCUT2D eigenvalue weighted by Gasteiger charge is -2.03. The standard InChI is InChI=1S/C11H10N6O2S/c1-2-17-8-6(5-13-17)14-7(9(18)15-8)10(19)16-11-12-3-4-20-11/h3-5H,2H2,1H3,(H,15,18)(H,12,16,19). The molecular weight excluding hydrogens is 280 g/mol. The largest absolute Gasteiger partial charge is 0.492 e. The van der Waals surface area contributed by atoms with E-state index in [0.717, 1.165) is 0 Å². The minimum Gasteiger partial charge on any atom is -0.492 e. The Morgan fingerprint density at radius 3 is 3.05 bits per heavy atom.